The normalized spacial score (nSPS) is 20.7. The molecule has 120 valence electrons. The number of carbonyl (C=O) groups is 1. The van der Waals surface area contributed by atoms with Crippen LogP contribution in [0.3, 0.4) is 0 Å². The predicted molar refractivity (Wildman–Crippen MR) is 81.4 cm³/mol. The van der Waals surface area contributed by atoms with Gasteiger partial charge in [-0.1, -0.05) is 30.3 Å². The molecular formula is C17H23NO4. The second kappa shape index (κ2) is 6.67. The van der Waals surface area contributed by atoms with Crippen LogP contribution in [0.4, 0.5) is 4.79 Å². The van der Waals surface area contributed by atoms with E-state index in [1.54, 1.807) is 4.90 Å². The second-order valence-electron chi connectivity index (χ2n) is 6.26. The molecule has 1 aromatic rings. The highest BCUT2D eigenvalue weighted by Gasteiger charge is 2.41. The Morgan fingerprint density at radius 2 is 1.91 bits per heavy atom. The minimum Gasteiger partial charge on any atom is -0.445 e. The molecule has 1 aliphatic carbocycles. The lowest BCUT2D eigenvalue weighted by Gasteiger charge is -2.31. The molecule has 2 aliphatic rings. The first-order valence-electron chi connectivity index (χ1n) is 7.94. The number of rotatable bonds is 5. The second-order valence-corrected chi connectivity index (χ2v) is 6.26. The molecule has 0 unspecified atom stereocenters. The molecule has 5 heteroatoms. The van der Waals surface area contributed by atoms with E-state index >= 15 is 0 Å². The SMILES string of the molecule is O=C(OCc1ccccc1)N1CCC(OCC2(O)CC2)CC1. The molecule has 0 atom stereocenters. The first-order valence-corrected chi connectivity index (χ1v) is 7.94. The first kappa shape index (κ1) is 15.3. The summed E-state index contributed by atoms with van der Waals surface area (Å²) in [7, 11) is 0. The largest absolute Gasteiger partial charge is 0.445 e. The van der Waals surface area contributed by atoms with Crippen molar-refractivity contribution < 1.29 is 19.4 Å². The van der Waals surface area contributed by atoms with E-state index in [0.29, 0.717) is 26.3 Å². The van der Waals surface area contributed by atoms with Gasteiger partial charge in [-0.3, -0.25) is 0 Å². The van der Waals surface area contributed by atoms with Gasteiger partial charge in [-0.25, -0.2) is 4.79 Å². The van der Waals surface area contributed by atoms with Gasteiger partial charge in [-0.15, -0.1) is 0 Å². The summed E-state index contributed by atoms with van der Waals surface area (Å²) in [6.45, 7) is 2.03. The summed E-state index contributed by atoms with van der Waals surface area (Å²) < 4.78 is 11.1. The van der Waals surface area contributed by atoms with Crippen molar-refractivity contribution in [1.29, 1.82) is 0 Å². The van der Waals surface area contributed by atoms with E-state index in [-0.39, 0.29) is 12.2 Å². The minimum atomic E-state index is -0.564. The zero-order chi connectivity index (χ0) is 15.4. The van der Waals surface area contributed by atoms with Crippen LogP contribution in [0.15, 0.2) is 30.3 Å². The molecule has 0 radical (unpaired) electrons. The van der Waals surface area contributed by atoms with Crippen LogP contribution in [0.2, 0.25) is 0 Å². The standard InChI is InChI=1S/C17H23NO4/c19-16(21-12-14-4-2-1-3-5-14)18-10-6-15(7-11-18)22-13-17(20)8-9-17/h1-5,15,20H,6-13H2. The Kier molecular flexibility index (Phi) is 4.64. The van der Waals surface area contributed by atoms with Crippen molar-refractivity contribution in [2.24, 2.45) is 0 Å². The molecule has 1 N–H and O–H groups in total. The minimum absolute atomic E-state index is 0.141. The lowest BCUT2D eigenvalue weighted by Crippen LogP contribution is -2.41. The molecular weight excluding hydrogens is 282 g/mol. The van der Waals surface area contributed by atoms with Crippen LogP contribution in [0.5, 0.6) is 0 Å². The van der Waals surface area contributed by atoms with Gasteiger partial charge >= 0.3 is 6.09 Å². The van der Waals surface area contributed by atoms with Crippen LogP contribution in [-0.4, -0.2) is 47.5 Å². The third-order valence-corrected chi connectivity index (χ3v) is 4.32. The van der Waals surface area contributed by atoms with E-state index in [9.17, 15) is 9.90 Å². The molecule has 2 fully saturated rings. The fourth-order valence-corrected chi connectivity index (χ4v) is 2.58. The molecule has 1 saturated heterocycles. The first-order chi connectivity index (χ1) is 10.6. The van der Waals surface area contributed by atoms with Gasteiger partial charge in [-0.05, 0) is 31.2 Å². The van der Waals surface area contributed by atoms with Crippen LogP contribution in [0.25, 0.3) is 0 Å². The molecule has 22 heavy (non-hydrogen) atoms. The Morgan fingerprint density at radius 3 is 2.55 bits per heavy atom. The Bertz CT molecular complexity index is 493. The van der Waals surface area contributed by atoms with E-state index in [2.05, 4.69) is 0 Å². The summed E-state index contributed by atoms with van der Waals surface area (Å²) in [6, 6.07) is 9.68. The summed E-state index contributed by atoms with van der Waals surface area (Å²) in [5.74, 6) is 0. The lowest BCUT2D eigenvalue weighted by molar-refractivity contribution is -0.0435. The predicted octanol–water partition coefficient (Wildman–Crippen LogP) is 2.33. The van der Waals surface area contributed by atoms with Crippen LogP contribution in [0, 0.1) is 0 Å². The van der Waals surface area contributed by atoms with Gasteiger partial charge in [-0.2, -0.15) is 0 Å². The molecule has 3 rings (SSSR count). The number of nitrogens with zero attached hydrogens (tertiary/aromatic N) is 1. The zero-order valence-corrected chi connectivity index (χ0v) is 12.7. The molecule has 0 aromatic heterocycles. The number of likely N-dealkylation sites (tertiary alicyclic amines) is 1. The average molecular weight is 305 g/mol. The maximum atomic E-state index is 12.0. The third kappa shape index (κ3) is 4.21. The molecule has 0 spiro atoms. The van der Waals surface area contributed by atoms with Crippen molar-refractivity contribution in [3.63, 3.8) is 0 Å². The van der Waals surface area contributed by atoms with Gasteiger partial charge in [0.05, 0.1) is 18.3 Å². The van der Waals surface area contributed by atoms with Crippen molar-refractivity contribution in [2.75, 3.05) is 19.7 Å². The van der Waals surface area contributed by atoms with E-state index in [1.165, 1.54) is 0 Å². The highest BCUT2D eigenvalue weighted by molar-refractivity contribution is 5.67. The Hall–Kier alpha value is -1.59. The van der Waals surface area contributed by atoms with E-state index in [4.69, 9.17) is 9.47 Å². The summed E-state index contributed by atoms with van der Waals surface area (Å²) in [4.78, 5) is 13.8. The van der Waals surface area contributed by atoms with Crippen LogP contribution < -0.4 is 0 Å². The Morgan fingerprint density at radius 1 is 1.23 bits per heavy atom. The Balaban J connectivity index is 1.36. The molecule has 1 saturated carbocycles. The number of hydrogen-bond acceptors (Lipinski definition) is 4. The number of carbonyl (C=O) groups excluding carboxylic acids is 1. The summed E-state index contributed by atoms with van der Waals surface area (Å²) >= 11 is 0. The van der Waals surface area contributed by atoms with E-state index in [1.807, 2.05) is 30.3 Å². The van der Waals surface area contributed by atoms with Crippen LogP contribution in [-0.2, 0) is 16.1 Å². The molecule has 1 aromatic carbocycles. The molecule has 1 amide bonds. The zero-order valence-electron chi connectivity index (χ0n) is 12.7. The molecule has 1 heterocycles. The van der Waals surface area contributed by atoms with Crippen molar-refractivity contribution in [2.45, 2.75) is 44.0 Å². The number of ether oxygens (including phenoxy) is 2. The van der Waals surface area contributed by atoms with Crippen molar-refractivity contribution in [1.82, 2.24) is 4.90 Å². The highest BCUT2D eigenvalue weighted by Crippen LogP contribution is 2.35. The quantitative estimate of drug-likeness (QED) is 0.907. The smallest absolute Gasteiger partial charge is 0.410 e. The van der Waals surface area contributed by atoms with Crippen LogP contribution >= 0.6 is 0 Å². The number of amides is 1. The summed E-state index contributed by atoms with van der Waals surface area (Å²) in [5.41, 5.74) is 0.429. The molecule has 5 nitrogen and oxygen atoms in total. The van der Waals surface area contributed by atoms with Gasteiger partial charge in [0.2, 0.25) is 0 Å². The van der Waals surface area contributed by atoms with Gasteiger partial charge in [0, 0.05) is 13.1 Å². The maximum absolute atomic E-state index is 12.0. The fourth-order valence-electron chi connectivity index (χ4n) is 2.58. The highest BCUT2D eigenvalue weighted by atomic mass is 16.6. The number of aliphatic hydroxyl groups is 1. The van der Waals surface area contributed by atoms with E-state index in [0.717, 1.165) is 31.2 Å². The van der Waals surface area contributed by atoms with Gasteiger partial charge < -0.3 is 19.5 Å². The van der Waals surface area contributed by atoms with Gasteiger partial charge in [0.25, 0.3) is 0 Å². The number of hydrogen-bond donors (Lipinski definition) is 1. The number of piperidine rings is 1. The lowest BCUT2D eigenvalue weighted by atomic mass is 10.1. The van der Waals surface area contributed by atoms with Crippen molar-refractivity contribution in [3.05, 3.63) is 35.9 Å². The molecule has 0 bridgehead atoms. The van der Waals surface area contributed by atoms with Gasteiger partial charge in [0.1, 0.15) is 6.61 Å². The van der Waals surface area contributed by atoms with Gasteiger partial charge in [0.15, 0.2) is 0 Å². The maximum Gasteiger partial charge on any atom is 0.410 e. The van der Waals surface area contributed by atoms with Crippen LogP contribution in [0.1, 0.15) is 31.2 Å². The monoisotopic (exact) mass is 305 g/mol. The number of benzene rings is 1. The van der Waals surface area contributed by atoms with Crippen molar-refractivity contribution in [3.8, 4) is 0 Å². The topological polar surface area (TPSA) is 59.0 Å². The molecule has 1 aliphatic heterocycles. The average Bonchev–Trinajstić information content (AvgIpc) is 3.30. The summed E-state index contributed by atoms with van der Waals surface area (Å²) in [5, 5.41) is 9.77. The van der Waals surface area contributed by atoms with E-state index < -0.39 is 5.60 Å². The summed E-state index contributed by atoms with van der Waals surface area (Å²) in [6.07, 6.45) is 3.17. The third-order valence-electron chi connectivity index (χ3n) is 4.32. The Labute approximate surface area is 130 Å². The van der Waals surface area contributed by atoms with Crippen molar-refractivity contribution >= 4 is 6.09 Å². The fraction of sp³-hybridized carbons (Fsp3) is 0.588.